The van der Waals surface area contributed by atoms with E-state index in [2.05, 4.69) is 0 Å². The molecule has 0 aliphatic heterocycles. The molecule has 0 atom stereocenters. The maximum Gasteiger partial charge on any atom is 0.321 e. The van der Waals surface area contributed by atoms with Crippen LogP contribution in [-0.2, 0) is 13.6 Å². The summed E-state index contributed by atoms with van der Waals surface area (Å²) < 4.78 is 10.8. The maximum atomic E-state index is 10.2. The van der Waals surface area contributed by atoms with Crippen LogP contribution in [0.5, 0.6) is 0 Å². The van der Waals surface area contributed by atoms with Crippen LogP contribution < -0.4 is 0 Å². The van der Waals surface area contributed by atoms with Gasteiger partial charge in [-0.05, 0) is 26.3 Å². The van der Waals surface area contributed by atoms with Gasteiger partial charge in [0.15, 0.2) is 0 Å². The second-order valence-electron chi connectivity index (χ2n) is 2.63. The lowest BCUT2D eigenvalue weighted by molar-refractivity contribution is -0.137. The molecule has 0 unspecified atom stereocenters. The van der Waals surface area contributed by atoms with E-state index in [-0.39, 0.29) is 6.42 Å². The van der Waals surface area contributed by atoms with Gasteiger partial charge in [-0.25, -0.2) is 0 Å². The summed E-state index contributed by atoms with van der Waals surface area (Å²) in [7, 11) is -1.56. The summed E-state index contributed by atoms with van der Waals surface area (Å²) in [5.41, 5.74) is 0. The van der Waals surface area contributed by atoms with E-state index in [1.807, 2.05) is 13.8 Å². The Labute approximate surface area is 80.7 Å². The first-order valence-electron chi connectivity index (χ1n) is 4.65. The zero-order valence-corrected chi connectivity index (χ0v) is 9.44. The highest BCUT2D eigenvalue weighted by Gasteiger charge is 2.12. The number of carboxylic acid groups (broad SMARTS) is 1. The summed E-state index contributed by atoms with van der Waals surface area (Å²) in [6, 6.07) is 0.786. The first-order chi connectivity index (χ1) is 6.20. The molecule has 78 valence electrons. The lowest BCUT2D eigenvalue weighted by Gasteiger charge is -2.13. The fourth-order valence-electron chi connectivity index (χ4n) is 1.01. The Bertz CT molecular complexity index is 134. The van der Waals surface area contributed by atoms with Crippen molar-refractivity contribution in [3.8, 4) is 0 Å². The second-order valence-corrected chi connectivity index (χ2v) is 4.73. The highest BCUT2D eigenvalue weighted by Crippen LogP contribution is 2.04. The molecular formula is C8H18O4Si. The SMILES string of the molecule is CCO[SiH](CCCC(=O)O)OCC. The predicted octanol–water partition coefficient (Wildman–Crippen LogP) is 1.14. The van der Waals surface area contributed by atoms with Crippen LogP contribution in [0.1, 0.15) is 26.7 Å². The minimum atomic E-state index is -1.56. The highest BCUT2D eigenvalue weighted by molar-refractivity contribution is 6.44. The van der Waals surface area contributed by atoms with Gasteiger partial charge >= 0.3 is 15.3 Å². The minimum Gasteiger partial charge on any atom is -0.481 e. The smallest absolute Gasteiger partial charge is 0.321 e. The topological polar surface area (TPSA) is 55.8 Å². The molecule has 0 heterocycles. The van der Waals surface area contributed by atoms with Crippen molar-refractivity contribution in [3.63, 3.8) is 0 Å². The standard InChI is InChI=1S/C8H18O4Si/c1-3-11-13(12-4-2)7-5-6-8(9)10/h13H,3-7H2,1-2H3,(H,9,10). The molecule has 0 aromatic carbocycles. The van der Waals surface area contributed by atoms with Crippen molar-refractivity contribution < 1.29 is 18.8 Å². The van der Waals surface area contributed by atoms with Gasteiger partial charge < -0.3 is 14.0 Å². The van der Waals surface area contributed by atoms with Gasteiger partial charge in [-0.3, -0.25) is 4.79 Å². The van der Waals surface area contributed by atoms with Crippen molar-refractivity contribution >= 4 is 15.3 Å². The molecule has 1 N–H and O–H groups in total. The number of hydrogen-bond acceptors (Lipinski definition) is 3. The average Bonchev–Trinajstić information content (AvgIpc) is 2.04. The molecule has 5 heteroatoms. The van der Waals surface area contributed by atoms with E-state index in [9.17, 15) is 4.79 Å². The largest absolute Gasteiger partial charge is 0.481 e. The molecule has 0 rings (SSSR count). The van der Waals surface area contributed by atoms with Gasteiger partial charge in [0.1, 0.15) is 0 Å². The van der Waals surface area contributed by atoms with Gasteiger partial charge in [0.05, 0.1) is 0 Å². The summed E-state index contributed by atoms with van der Waals surface area (Å²) in [6.07, 6.45) is 0.871. The Balaban J connectivity index is 3.49. The quantitative estimate of drug-likeness (QED) is 0.605. The molecule has 0 aliphatic carbocycles. The van der Waals surface area contributed by atoms with Crippen LogP contribution in [0.25, 0.3) is 0 Å². The lowest BCUT2D eigenvalue weighted by Crippen LogP contribution is -2.22. The summed E-state index contributed by atoms with van der Waals surface area (Å²) in [6.45, 7) is 5.17. The van der Waals surface area contributed by atoms with Crippen LogP contribution in [0.2, 0.25) is 6.04 Å². The normalized spacial score (nSPS) is 10.7. The van der Waals surface area contributed by atoms with E-state index < -0.39 is 15.3 Å². The van der Waals surface area contributed by atoms with Gasteiger partial charge in [-0.2, -0.15) is 0 Å². The fraction of sp³-hybridized carbons (Fsp3) is 0.875. The van der Waals surface area contributed by atoms with E-state index in [0.29, 0.717) is 19.6 Å². The molecule has 4 nitrogen and oxygen atoms in total. The Morgan fingerprint density at radius 1 is 1.31 bits per heavy atom. The molecule has 0 amide bonds. The molecular weight excluding hydrogens is 188 g/mol. The Morgan fingerprint density at radius 3 is 2.23 bits per heavy atom. The third-order valence-corrected chi connectivity index (χ3v) is 3.83. The van der Waals surface area contributed by atoms with Gasteiger partial charge in [-0.1, -0.05) is 0 Å². The molecule has 0 aliphatic rings. The molecule has 0 aromatic heterocycles. The van der Waals surface area contributed by atoms with Crippen LogP contribution >= 0.6 is 0 Å². The van der Waals surface area contributed by atoms with Crippen molar-refractivity contribution in [2.24, 2.45) is 0 Å². The van der Waals surface area contributed by atoms with E-state index in [1.165, 1.54) is 0 Å². The molecule has 0 spiro atoms. The minimum absolute atomic E-state index is 0.212. The van der Waals surface area contributed by atoms with Crippen LogP contribution in [0.15, 0.2) is 0 Å². The van der Waals surface area contributed by atoms with E-state index in [0.717, 1.165) is 6.04 Å². The number of hydrogen-bond donors (Lipinski definition) is 1. The molecule has 0 aromatic rings. The van der Waals surface area contributed by atoms with Crippen LogP contribution in [0.3, 0.4) is 0 Å². The monoisotopic (exact) mass is 206 g/mol. The summed E-state index contributed by atoms with van der Waals surface area (Å²) >= 11 is 0. The summed E-state index contributed by atoms with van der Waals surface area (Å²) in [4.78, 5) is 10.2. The van der Waals surface area contributed by atoms with Gasteiger partial charge in [-0.15, -0.1) is 0 Å². The third kappa shape index (κ3) is 7.95. The Kier molecular flexibility index (Phi) is 7.97. The first-order valence-corrected chi connectivity index (χ1v) is 6.41. The van der Waals surface area contributed by atoms with E-state index in [4.69, 9.17) is 14.0 Å². The van der Waals surface area contributed by atoms with E-state index >= 15 is 0 Å². The zero-order valence-electron chi connectivity index (χ0n) is 8.28. The molecule has 0 saturated heterocycles. The highest BCUT2D eigenvalue weighted by atomic mass is 28.3. The van der Waals surface area contributed by atoms with Gasteiger partial charge in [0.25, 0.3) is 0 Å². The third-order valence-electron chi connectivity index (χ3n) is 1.54. The molecule has 0 radical (unpaired) electrons. The second kappa shape index (κ2) is 8.22. The van der Waals surface area contributed by atoms with Crippen molar-refractivity contribution in [2.45, 2.75) is 32.7 Å². The Morgan fingerprint density at radius 2 is 1.85 bits per heavy atom. The van der Waals surface area contributed by atoms with Crippen molar-refractivity contribution in [2.75, 3.05) is 13.2 Å². The summed E-state index contributed by atoms with van der Waals surface area (Å²) in [5, 5.41) is 8.42. The molecule has 0 fully saturated rings. The number of carbonyl (C=O) groups is 1. The van der Waals surface area contributed by atoms with Gasteiger partial charge in [0, 0.05) is 19.6 Å². The number of carboxylic acids is 1. The van der Waals surface area contributed by atoms with Crippen molar-refractivity contribution in [1.29, 1.82) is 0 Å². The lowest BCUT2D eigenvalue weighted by atomic mass is 10.3. The molecule has 0 bridgehead atoms. The van der Waals surface area contributed by atoms with Crippen LogP contribution in [0, 0.1) is 0 Å². The van der Waals surface area contributed by atoms with Crippen molar-refractivity contribution in [3.05, 3.63) is 0 Å². The predicted molar refractivity (Wildman–Crippen MR) is 52.1 cm³/mol. The average molecular weight is 206 g/mol. The number of aliphatic carboxylic acids is 1. The summed E-state index contributed by atoms with van der Waals surface area (Å²) in [5.74, 6) is -0.749. The van der Waals surface area contributed by atoms with Crippen LogP contribution in [-0.4, -0.2) is 33.6 Å². The zero-order chi connectivity index (χ0) is 10.1. The maximum absolute atomic E-state index is 10.2. The molecule has 13 heavy (non-hydrogen) atoms. The fourth-order valence-corrected chi connectivity index (χ4v) is 2.72. The van der Waals surface area contributed by atoms with Gasteiger partial charge in [0.2, 0.25) is 0 Å². The van der Waals surface area contributed by atoms with Crippen LogP contribution in [0.4, 0.5) is 0 Å². The molecule has 0 saturated carbocycles. The van der Waals surface area contributed by atoms with Crippen molar-refractivity contribution in [1.82, 2.24) is 0 Å². The Hall–Kier alpha value is -0.393. The van der Waals surface area contributed by atoms with E-state index in [1.54, 1.807) is 0 Å². The first kappa shape index (κ1) is 12.6. The number of rotatable bonds is 8.